The quantitative estimate of drug-likeness (QED) is 0.608. The van der Waals surface area contributed by atoms with Crippen molar-refractivity contribution in [3.63, 3.8) is 0 Å². The number of carbonyl (C=O) groups is 2. The van der Waals surface area contributed by atoms with Gasteiger partial charge in [-0.3, -0.25) is 0 Å². The number of hydrogen-bond donors (Lipinski definition) is 2. The van der Waals surface area contributed by atoms with Crippen LogP contribution in [0.1, 0.15) is 10.4 Å². The molecule has 0 saturated heterocycles. The molecule has 0 unspecified atom stereocenters. The largest absolute Gasteiger partial charge is 0.511 e. The van der Waals surface area contributed by atoms with Gasteiger partial charge in [-0.15, -0.1) is 0 Å². The molecule has 2 N–H and O–H groups in total. The van der Waals surface area contributed by atoms with E-state index >= 15 is 0 Å². The van der Waals surface area contributed by atoms with E-state index in [1.165, 1.54) is 14.2 Å². The Bertz CT molecular complexity index is 427. The molecule has 0 atom stereocenters. The summed E-state index contributed by atoms with van der Waals surface area (Å²) in [6.45, 7) is 0. The molecule has 0 amide bonds. The van der Waals surface area contributed by atoms with Gasteiger partial charge < -0.3 is 24.4 Å². The summed E-state index contributed by atoms with van der Waals surface area (Å²) in [5, 5.41) is 17.4. The van der Waals surface area contributed by atoms with Crippen LogP contribution in [0.5, 0.6) is 17.2 Å². The lowest BCUT2D eigenvalue weighted by Gasteiger charge is -2.12. The molecule has 0 spiro atoms. The molecule has 0 saturated carbocycles. The van der Waals surface area contributed by atoms with Crippen LogP contribution in [-0.4, -0.2) is 36.6 Å². The second kappa shape index (κ2) is 5.06. The first kappa shape index (κ1) is 12.6. The first-order chi connectivity index (χ1) is 7.99. The Balaban J connectivity index is 3.35. The number of methoxy groups -OCH3 is 2. The average Bonchev–Trinajstić information content (AvgIpc) is 2.28. The van der Waals surface area contributed by atoms with Gasteiger partial charge in [0.05, 0.1) is 19.8 Å². The Morgan fingerprint density at radius 1 is 1.06 bits per heavy atom. The van der Waals surface area contributed by atoms with Gasteiger partial charge >= 0.3 is 12.1 Å². The van der Waals surface area contributed by atoms with Crippen molar-refractivity contribution in [3.05, 3.63) is 17.7 Å². The van der Waals surface area contributed by atoms with E-state index in [-0.39, 0.29) is 22.8 Å². The Morgan fingerprint density at radius 2 is 1.53 bits per heavy atom. The van der Waals surface area contributed by atoms with Crippen LogP contribution in [0.2, 0.25) is 0 Å². The molecule has 0 fully saturated rings. The molecule has 0 aromatic heterocycles. The predicted molar refractivity (Wildman–Crippen MR) is 55.2 cm³/mol. The normalized spacial score (nSPS) is 9.53. The molecular formula is C10H10O7. The third kappa shape index (κ3) is 2.77. The van der Waals surface area contributed by atoms with E-state index in [1.807, 2.05) is 0 Å². The van der Waals surface area contributed by atoms with Gasteiger partial charge in [0.15, 0.2) is 11.5 Å². The Morgan fingerprint density at radius 3 is 1.82 bits per heavy atom. The van der Waals surface area contributed by atoms with Gasteiger partial charge in [0.2, 0.25) is 5.75 Å². The fourth-order valence-corrected chi connectivity index (χ4v) is 1.19. The molecule has 7 nitrogen and oxygen atoms in total. The summed E-state index contributed by atoms with van der Waals surface area (Å²) >= 11 is 0. The van der Waals surface area contributed by atoms with Gasteiger partial charge in [-0.25, -0.2) is 9.59 Å². The minimum atomic E-state index is -1.55. The van der Waals surface area contributed by atoms with Crippen LogP contribution < -0.4 is 14.2 Å². The minimum Gasteiger partial charge on any atom is -0.493 e. The van der Waals surface area contributed by atoms with Crippen LogP contribution in [0.4, 0.5) is 4.79 Å². The molecule has 0 radical (unpaired) electrons. The number of aromatic carboxylic acids is 1. The third-order valence-electron chi connectivity index (χ3n) is 1.90. The van der Waals surface area contributed by atoms with Crippen molar-refractivity contribution in [2.45, 2.75) is 0 Å². The van der Waals surface area contributed by atoms with Crippen molar-refractivity contribution in [3.8, 4) is 17.2 Å². The summed E-state index contributed by atoms with van der Waals surface area (Å²) in [4.78, 5) is 21.3. The lowest BCUT2D eigenvalue weighted by molar-refractivity contribution is 0.0696. The molecule has 1 aromatic rings. The number of ether oxygens (including phenoxy) is 3. The summed E-state index contributed by atoms with van der Waals surface area (Å²) in [6.07, 6.45) is -1.55. The number of benzene rings is 1. The number of carboxylic acid groups (broad SMARTS) is 2. The van der Waals surface area contributed by atoms with Crippen LogP contribution in [0.15, 0.2) is 12.1 Å². The Hall–Kier alpha value is -2.44. The molecule has 92 valence electrons. The van der Waals surface area contributed by atoms with Gasteiger partial charge in [-0.1, -0.05) is 0 Å². The summed E-state index contributed by atoms with van der Waals surface area (Å²) in [6, 6.07) is 2.28. The summed E-state index contributed by atoms with van der Waals surface area (Å²) in [5.74, 6) is -1.45. The van der Waals surface area contributed by atoms with E-state index in [2.05, 4.69) is 4.74 Å². The molecule has 0 aliphatic carbocycles. The van der Waals surface area contributed by atoms with E-state index in [9.17, 15) is 9.59 Å². The van der Waals surface area contributed by atoms with Crippen molar-refractivity contribution >= 4 is 12.1 Å². The lowest BCUT2D eigenvalue weighted by atomic mass is 10.2. The van der Waals surface area contributed by atoms with E-state index < -0.39 is 12.1 Å². The highest BCUT2D eigenvalue weighted by molar-refractivity contribution is 5.89. The number of carboxylic acids is 1. The van der Waals surface area contributed by atoms with Crippen LogP contribution in [0.3, 0.4) is 0 Å². The van der Waals surface area contributed by atoms with Crippen molar-refractivity contribution in [1.82, 2.24) is 0 Å². The van der Waals surface area contributed by atoms with Gasteiger partial charge in [-0.2, -0.15) is 0 Å². The highest BCUT2D eigenvalue weighted by Gasteiger charge is 2.19. The van der Waals surface area contributed by atoms with Crippen LogP contribution >= 0.6 is 0 Å². The second-order valence-electron chi connectivity index (χ2n) is 2.88. The summed E-state index contributed by atoms with van der Waals surface area (Å²) in [7, 11) is 2.52. The second-order valence-corrected chi connectivity index (χ2v) is 2.88. The van der Waals surface area contributed by atoms with E-state index in [0.717, 1.165) is 12.1 Å². The van der Waals surface area contributed by atoms with E-state index in [4.69, 9.17) is 19.7 Å². The smallest absolute Gasteiger partial charge is 0.493 e. The number of hydrogen-bond acceptors (Lipinski definition) is 5. The summed E-state index contributed by atoms with van der Waals surface area (Å²) in [5.41, 5.74) is -0.101. The fourth-order valence-electron chi connectivity index (χ4n) is 1.19. The van der Waals surface area contributed by atoms with Crippen molar-refractivity contribution in [2.24, 2.45) is 0 Å². The van der Waals surface area contributed by atoms with Gasteiger partial charge in [0, 0.05) is 0 Å². The Labute approximate surface area is 96.1 Å². The van der Waals surface area contributed by atoms with Gasteiger partial charge in [0.1, 0.15) is 0 Å². The highest BCUT2D eigenvalue weighted by Crippen LogP contribution is 2.38. The maximum Gasteiger partial charge on any atom is 0.511 e. The highest BCUT2D eigenvalue weighted by atomic mass is 16.7. The predicted octanol–water partition coefficient (Wildman–Crippen LogP) is 1.46. The lowest BCUT2D eigenvalue weighted by Crippen LogP contribution is -2.07. The summed E-state index contributed by atoms with van der Waals surface area (Å²) < 4.78 is 14.2. The fraction of sp³-hybridized carbons (Fsp3) is 0.200. The maximum atomic E-state index is 10.8. The van der Waals surface area contributed by atoms with Crippen LogP contribution in [-0.2, 0) is 0 Å². The average molecular weight is 242 g/mol. The van der Waals surface area contributed by atoms with E-state index in [0.29, 0.717) is 0 Å². The molecule has 17 heavy (non-hydrogen) atoms. The molecule has 0 aliphatic rings. The van der Waals surface area contributed by atoms with Crippen LogP contribution in [0.25, 0.3) is 0 Å². The van der Waals surface area contributed by atoms with Crippen molar-refractivity contribution in [1.29, 1.82) is 0 Å². The SMILES string of the molecule is COc1cc(C(=O)O)cc(OC)c1OC(=O)O. The third-order valence-corrected chi connectivity index (χ3v) is 1.90. The molecule has 0 heterocycles. The van der Waals surface area contributed by atoms with Gasteiger partial charge in [0.25, 0.3) is 0 Å². The standard InChI is InChI=1S/C10H10O7/c1-15-6-3-5(9(11)12)4-7(16-2)8(6)17-10(13)14/h3-4H,1-2H3,(H,11,12)(H,13,14). The monoisotopic (exact) mass is 242 g/mol. The minimum absolute atomic E-state index is 0.0378. The first-order valence-electron chi connectivity index (χ1n) is 4.39. The van der Waals surface area contributed by atoms with Gasteiger partial charge in [-0.05, 0) is 12.1 Å². The van der Waals surface area contributed by atoms with Crippen molar-refractivity contribution in [2.75, 3.05) is 14.2 Å². The first-order valence-corrected chi connectivity index (χ1v) is 4.39. The van der Waals surface area contributed by atoms with Crippen LogP contribution in [0, 0.1) is 0 Å². The molecule has 1 rings (SSSR count). The zero-order chi connectivity index (χ0) is 13.0. The molecular weight excluding hydrogens is 232 g/mol. The zero-order valence-electron chi connectivity index (χ0n) is 9.09. The zero-order valence-corrected chi connectivity index (χ0v) is 9.09. The molecule has 0 aliphatic heterocycles. The maximum absolute atomic E-state index is 10.8. The van der Waals surface area contributed by atoms with E-state index in [1.54, 1.807) is 0 Å². The molecule has 0 bridgehead atoms. The Kier molecular flexibility index (Phi) is 3.76. The number of rotatable bonds is 4. The topological polar surface area (TPSA) is 102 Å². The molecule has 1 aromatic carbocycles. The molecule has 7 heteroatoms. The van der Waals surface area contributed by atoms with Crippen molar-refractivity contribution < 1.29 is 34.0 Å².